The van der Waals surface area contributed by atoms with Crippen LogP contribution in [0.4, 0.5) is 0 Å². The van der Waals surface area contributed by atoms with E-state index in [1.165, 1.54) is 10.1 Å². The van der Waals surface area contributed by atoms with Gasteiger partial charge >= 0.3 is 0 Å². The van der Waals surface area contributed by atoms with E-state index in [9.17, 15) is 5.11 Å². The summed E-state index contributed by atoms with van der Waals surface area (Å²) in [4.78, 5) is 0.985. The molecule has 1 heterocycles. The maximum absolute atomic E-state index is 9.95. The Morgan fingerprint density at radius 1 is 1.29 bits per heavy atom. The number of thiophene rings is 1. The van der Waals surface area contributed by atoms with Crippen LogP contribution in [0, 0.1) is 0 Å². The lowest BCUT2D eigenvalue weighted by Gasteiger charge is -2.15. The standard InChI is InChI=1S/C11H11BrOS/c1-11(2,13)10-9(12)7-5-3-4-6-8(7)14-10/h3-6,13H,1-2H3. The average Bonchev–Trinajstić information content (AvgIpc) is 2.44. The molecule has 0 atom stereocenters. The van der Waals surface area contributed by atoms with Crippen molar-refractivity contribution in [2.75, 3.05) is 0 Å². The van der Waals surface area contributed by atoms with Gasteiger partial charge in [-0.2, -0.15) is 0 Å². The van der Waals surface area contributed by atoms with Gasteiger partial charge in [0.05, 0.1) is 10.5 Å². The molecule has 2 aromatic rings. The summed E-state index contributed by atoms with van der Waals surface area (Å²) in [6.45, 7) is 3.62. The molecule has 0 spiro atoms. The van der Waals surface area contributed by atoms with Crippen molar-refractivity contribution in [2.45, 2.75) is 19.4 Å². The second-order valence-corrected chi connectivity index (χ2v) is 5.65. The molecule has 0 radical (unpaired) electrons. The molecular weight excluding hydrogens is 260 g/mol. The molecule has 0 unspecified atom stereocenters. The Bertz CT molecular complexity index is 468. The Hall–Kier alpha value is -0.380. The first kappa shape index (κ1) is 10.1. The second-order valence-electron chi connectivity index (χ2n) is 3.80. The molecule has 2 rings (SSSR count). The lowest BCUT2D eigenvalue weighted by Crippen LogP contribution is -2.13. The second kappa shape index (κ2) is 3.33. The Kier molecular flexibility index (Phi) is 2.41. The van der Waals surface area contributed by atoms with Crippen LogP contribution in [-0.2, 0) is 5.60 Å². The summed E-state index contributed by atoms with van der Waals surface area (Å²) in [6.07, 6.45) is 0. The van der Waals surface area contributed by atoms with Gasteiger partial charge in [0.25, 0.3) is 0 Å². The average molecular weight is 271 g/mol. The minimum Gasteiger partial charge on any atom is -0.385 e. The van der Waals surface area contributed by atoms with Gasteiger partial charge in [-0.25, -0.2) is 0 Å². The third-order valence-electron chi connectivity index (χ3n) is 2.09. The summed E-state index contributed by atoms with van der Waals surface area (Å²) in [5.74, 6) is 0. The van der Waals surface area contributed by atoms with E-state index in [4.69, 9.17) is 0 Å². The van der Waals surface area contributed by atoms with Crippen LogP contribution in [0.15, 0.2) is 28.7 Å². The highest BCUT2D eigenvalue weighted by Crippen LogP contribution is 2.40. The molecule has 0 amide bonds. The van der Waals surface area contributed by atoms with Gasteiger partial charge in [0.15, 0.2) is 0 Å². The first-order chi connectivity index (χ1) is 6.50. The van der Waals surface area contributed by atoms with Gasteiger partial charge < -0.3 is 5.11 Å². The highest BCUT2D eigenvalue weighted by atomic mass is 79.9. The van der Waals surface area contributed by atoms with Gasteiger partial charge in [-0.1, -0.05) is 18.2 Å². The van der Waals surface area contributed by atoms with Crippen molar-refractivity contribution >= 4 is 37.4 Å². The minimum absolute atomic E-state index is 0.775. The Morgan fingerprint density at radius 3 is 2.50 bits per heavy atom. The summed E-state index contributed by atoms with van der Waals surface area (Å²) in [6, 6.07) is 8.15. The number of hydrogen-bond acceptors (Lipinski definition) is 2. The van der Waals surface area contributed by atoms with Gasteiger partial charge in [0, 0.05) is 14.6 Å². The maximum Gasteiger partial charge on any atom is 0.0943 e. The molecular formula is C11H11BrOS. The summed E-state index contributed by atoms with van der Waals surface area (Å²) in [7, 11) is 0. The summed E-state index contributed by atoms with van der Waals surface area (Å²) in [5.41, 5.74) is -0.775. The number of hydrogen-bond donors (Lipinski definition) is 1. The zero-order valence-corrected chi connectivity index (χ0v) is 10.4. The Labute approximate surface area is 95.5 Å². The smallest absolute Gasteiger partial charge is 0.0943 e. The van der Waals surface area contributed by atoms with Crippen molar-refractivity contribution in [1.82, 2.24) is 0 Å². The van der Waals surface area contributed by atoms with E-state index < -0.39 is 5.60 Å². The fourth-order valence-electron chi connectivity index (χ4n) is 1.41. The molecule has 0 aliphatic rings. The summed E-state index contributed by atoms with van der Waals surface area (Å²) < 4.78 is 2.22. The molecule has 1 aromatic carbocycles. The van der Waals surface area contributed by atoms with E-state index in [1.807, 2.05) is 26.0 Å². The molecule has 0 saturated heterocycles. The molecule has 1 N–H and O–H groups in total. The number of benzene rings is 1. The number of fused-ring (bicyclic) bond motifs is 1. The van der Waals surface area contributed by atoms with Crippen LogP contribution in [0.1, 0.15) is 18.7 Å². The van der Waals surface area contributed by atoms with E-state index in [0.29, 0.717) is 0 Å². The van der Waals surface area contributed by atoms with Crippen molar-refractivity contribution in [1.29, 1.82) is 0 Å². The normalized spacial score (nSPS) is 12.3. The zero-order valence-electron chi connectivity index (χ0n) is 8.04. The quantitative estimate of drug-likeness (QED) is 0.834. The number of aliphatic hydroxyl groups is 1. The third kappa shape index (κ3) is 1.60. The van der Waals surface area contributed by atoms with Gasteiger partial charge in [-0.15, -0.1) is 11.3 Å². The highest BCUT2D eigenvalue weighted by Gasteiger charge is 2.23. The number of rotatable bonds is 1. The predicted octanol–water partition coefficient (Wildman–Crippen LogP) is 3.89. The van der Waals surface area contributed by atoms with E-state index in [1.54, 1.807) is 11.3 Å². The lowest BCUT2D eigenvalue weighted by molar-refractivity contribution is 0.0819. The topological polar surface area (TPSA) is 20.2 Å². The predicted molar refractivity (Wildman–Crippen MR) is 64.8 cm³/mol. The highest BCUT2D eigenvalue weighted by molar-refractivity contribution is 9.10. The SMILES string of the molecule is CC(C)(O)c1sc2ccccc2c1Br. The van der Waals surface area contributed by atoms with Gasteiger partial charge in [0.1, 0.15) is 0 Å². The Balaban J connectivity index is 2.75. The molecule has 14 heavy (non-hydrogen) atoms. The van der Waals surface area contributed by atoms with Gasteiger partial charge in [-0.3, -0.25) is 0 Å². The van der Waals surface area contributed by atoms with E-state index in [0.717, 1.165) is 9.35 Å². The van der Waals surface area contributed by atoms with Crippen molar-refractivity contribution in [2.24, 2.45) is 0 Å². The van der Waals surface area contributed by atoms with E-state index >= 15 is 0 Å². The molecule has 3 heteroatoms. The van der Waals surface area contributed by atoms with Crippen LogP contribution in [0.25, 0.3) is 10.1 Å². The third-order valence-corrected chi connectivity index (χ3v) is 4.66. The van der Waals surface area contributed by atoms with Crippen molar-refractivity contribution in [3.63, 3.8) is 0 Å². The van der Waals surface area contributed by atoms with E-state index in [2.05, 4.69) is 28.1 Å². The first-order valence-corrected chi connectivity index (χ1v) is 6.01. The molecule has 1 nitrogen and oxygen atoms in total. The molecule has 0 bridgehead atoms. The van der Waals surface area contributed by atoms with Crippen LogP contribution in [-0.4, -0.2) is 5.11 Å². The zero-order chi connectivity index (χ0) is 10.3. The Morgan fingerprint density at radius 2 is 1.93 bits per heavy atom. The van der Waals surface area contributed by atoms with Crippen molar-refractivity contribution in [3.05, 3.63) is 33.6 Å². The maximum atomic E-state index is 9.95. The summed E-state index contributed by atoms with van der Waals surface area (Å²) >= 11 is 5.17. The molecule has 0 saturated carbocycles. The first-order valence-electron chi connectivity index (χ1n) is 4.40. The van der Waals surface area contributed by atoms with Gasteiger partial charge in [0.2, 0.25) is 0 Å². The fraction of sp³-hybridized carbons (Fsp3) is 0.273. The molecule has 1 aromatic heterocycles. The van der Waals surface area contributed by atoms with Gasteiger partial charge in [-0.05, 0) is 35.8 Å². The fourth-order valence-corrected chi connectivity index (χ4v) is 3.71. The van der Waals surface area contributed by atoms with Crippen LogP contribution in [0.5, 0.6) is 0 Å². The molecule has 74 valence electrons. The van der Waals surface area contributed by atoms with Crippen LogP contribution < -0.4 is 0 Å². The van der Waals surface area contributed by atoms with Crippen LogP contribution in [0.2, 0.25) is 0 Å². The van der Waals surface area contributed by atoms with E-state index in [-0.39, 0.29) is 0 Å². The van der Waals surface area contributed by atoms with Crippen LogP contribution >= 0.6 is 27.3 Å². The monoisotopic (exact) mass is 270 g/mol. The van der Waals surface area contributed by atoms with Crippen LogP contribution in [0.3, 0.4) is 0 Å². The lowest BCUT2D eigenvalue weighted by atomic mass is 10.1. The molecule has 0 aliphatic carbocycles. The molecule has 0 aliphatic heterocycles. The van der Waals surface area contributed by atoms with Crippen molar-refractivity contribution < 1.29 is 5.11 Å². The summed E-state index contributed by atoms with van der Waals surface area (Å²) in [5, 5.41) is 11.1. The molecule has 0 fully saturated rings. The number of halogens is 1. The largest absolute Gasteiger partial charge is 0.385 e. The minimum atomic E-state index is -0.775. The van der Waals surface area contributed by atoms with Crippen molar-refractivity contribution in [3.8, 4) is 0 Å².